The number of piperazine rings is 1. The van der Waals surface area contributed by atoms with Gasteiger partial charge in [0.05, 0.1) is 25.9 Å². The molecule has 0 radical (unpaired) electrons. The van der Waals surface area contributed by atoms with Crippen LogP contribution < -0.4 is 9.47 Å². The lowest BCUT2D eigenvalue weighted by Gasteiger charge is -2.35. The summed E-state index contributed by atoms with van der Waals surface area (Å²) < 4.78 is 10.5. The highest BCUT2D eigenvalue weighted by Crippen LogP contribution is 2.33. The highest BCUT2D eigenvalue weighted by atomic mass is 35.5. The number of aliphatic hydroxyl groups excluding tert-OH is 1. The monoisotopic (exact) mass is 370 g/mol. The summed E-state index contributed by atoms with van der Waals surface area (Å²) in [6.45, 7) is 3.66. The van der Waals surface area contributed by atoms with Crippen molar-refractivity contribution < 1.29 is 19.4 Å². The number of β-amino-alcohol motifs (C(OH)–C–C–N with tert-alkyl or cyclic N) is 1. The number of nitrogens with zero attached hydrogens (tertiary/aromatic N) is 2. The van der Waals surface area contributed by atoms with Crippen molar-refractivity contribution >= 4 is 18.3 Å². The van der Waals surface area contributed by atoms with Crippen molar-refractivity contribution in [3.63, 3.8) is 0 Å². The van der Waals surface area contributed by atoms with Gasteiger partial charge in [0.15, 0.2) is 0 Å². The predicted molar refractivity (Wildman–Crippen MR) is 97.9 cm³/mol. The number of carbonyl (C=O) groups excluding carboxylic acids is 1. The molecule has 25 heavy (non-hydrogen) atoms. The number of benzene rings is 1. The van der Waals surface area contributed by atoms with Crippen LogP contribution in [0.1, 0.15) is 23.2 Å². The summed E-state index contributed by atoms with van der Waals surface area (Å²) in [4.78, 5) is 16.9. The fourth-order valence-corrected chi connectivity index (χ4v) is 3.17. The second-order valence-corrected chi connectivity index (χ2v) is 6.56. The van der Waals surface area contributed by atoms with E-state index in [0.29, 0.717) is 36.1 Å². The maximum atomic E-state index is 12.8. The molecule has 0 spiro atoms. The van der Waals surface area contributed by atoms with E-state index in [9.17, 15) is 9.90 Å². The van der Waals surface area contributed by atoms with Gasteiger partial charge in [0.1, 0.15) is 11.5 Å². The summed E-state index contributed by atoms with van der Waals surface area (Å²) in [7, 11) is 3.15. The van der Waals surface area contributed by atoms with Crippen LogP contribution in [-0.2, 0) is 0 Å². The Morgan fingerprint density at radius 3 is 2.44 bits per heavy atom. The number of hydrogen-bond donors (Lipinski definition) is 1. The van der Waals surface area contributed by atoms with Crippen molar-refractivity contribution in [3.05, 3.63) is 23.8 Å². The van der Waals surface area contributed by atoms with E-state index < -0.39 is 0 Å². The van der Waals surface area contributed by atoms with Crippen LogP contribution in [0.15, 0.2) is 18.2 Å². The first kappa shape index (κ1) is 19.8. The van der Waals surface area contributed by atoms with Crippen LogP contribution in [-0.4, -0.2) is 73.9 Å². The van der Waals surface area contributed by atoms with Gasteiger partial charge in [-0.3, -0.25) is 9.69 Å². The van der Waals surface area contributed by atoms with Crippen molar-refractivity contribution in [3.8, 4) is 11.5 Å². The zero-order valence-electron chi connectivity index (χ0n) is 14.8. The molecule has 0 bridgehead atoms. The lowest BCUT2D eigenvalue weighted by atomic mass is 10.1. The Morgan fingerprint density at radius 2 is 1.88 bits per heavy atom. The van der Waals surface area contributed by atoms with E-state index in [4.69, 9.17) is 9.47 Å². The first-order valence-corrected chi connectivity index (χ1v) is 8.54. The van der Waals surface area contributed by atoms with Crippen molar-refractivity contribution in [2.45, 2.75) is 18.9 Å². The molecule has 1 atom stereocenters. The Balaban J connectivity index is 0.00000225. The van der Waals surface area contributed by atoms with Gasteiger partial charge in [-0.15, -0.1) is 12.4 Å². The van der Waals surface area contributed by atoms with E-state index in [0.717, 1.165) is 32.5 Å². The molecule has 140 valence electrons. The van der Waals surface area contributed by atoms with Crippen molar-refractivity contribution in [2.24, 2.45) is 5.92 Å². The molecule has 6 nitrogen and oxygen atoms in total. The molecule has 1 saturated heterocycles. The molecular formula is C18H27ClN2O4. The van der Waals surface area contributed by atoms with Gasteiger partial charge in [0.2, 0.25) is 0 Å². The first-order chi connectivity index (χ1) is 11.6. The molecule has 2 aliphatic rings. The molecule has 2 fully saturated rings. The molecule has 1 unspecified atom stereocenters. The largest absolute Gasteiger partial charge is 0.497 e. The molecule has 1 aliphatic carbocycles. The van der Waals surface area contributed by atoms with Gasteiger partial charge in [-0.1, -0.05) is 0 Å². The Hall–Kier alpha value is -1.50. The number of carbonyl (C=O) groups is 1. The van der Waals surface area contributed by atoms with E-state index in [1.807, 2.05) is 4.90 Å². The number of methoxy groups -OCH3 is 2. The third kappa shape index (κ3) is 4.77. The van der Waals surface area contributed by atoms with Gasteiger partial charge in [0, 0.05) is 38.8 Å². The zero-order valence-corrected chi connectivity index (χ0v) is 15.6. The Morgan fingerprint density at radius 1 is 1.20 bits per heavy atom. The van der Waals surface area contributed by atoms with Gasteiger partial charge >= 0.3 is 0 Å². The van der Waals surface area contributed by atoms with Gasteiger partial charge in [-0.2, -0.15) is 0 Å². The van der Waals surface area contributed by atoms with Crippen molar-refractivity contribution in [1.82, 2.24) is 9.80 Å². The third-order valence-electron chi connectivity index (χ3n) is 4.91. The molecule has 1 aromatic carbocycles. The average Bonchev–Trinajstić information content (AvgIpc) is 3.46. The molecule has 1 N–H and O–H groups in total. The highest BCUT2D eigenvalue weighted by molar-refractivity contribution is 5.97. The third-order valence-corrected chi connectivity index (χ3v) is 4.91. The lowest BCUT2D eigenvalue weighted by molar-refractivity contribution is 0.0486. The fourth-order valence-electron chi connectivity index (χ4n) is 3.17. The van der Waals surface area contributed by atoms with Crippen LogP contribution in [0, 0.1) is 5.92 Å². The Bertz CT molecular complexity index is 586. The number of ether oxygens (including phenoxy) is 2. The number of amides is 1. The van der Waals surface area contributed by atoms with E-state index >= 15 is 0 Å². The maximum Gasteiger partial charge on any atom is 0.257 e. The summed E-state index contributed by atoms with van der Waals surface area (Å²) in [6.07, 6.45) is 2.09. The maximum absolute atomic E-state index is 12.8. The zero-order chi connectivity index (χ0) is 17.1. The number of hydrogen-bond acceptors (Lipinski definition) is 5. The summed E-state index contributed by atoms with van der Waals surface area (Å²) in [6, 6.07) is 5.26. The van der Waals surface area contributed by atoms with Crippen molar-refractivity contribution in [2.75, 3.05) is 46.9 Å². The van der Waals surface area contributed by atoms with Gasteiger partial charge in [-0.25, -0.2) is 0 Å². The standard InChI is InChI=1S/C18H26N2O4.ClH/c1-23-14-5-6-15(17(11-14)24-2)18(22)20-9-7-19(8-10-20)12-16(21)13-3-4-13;/h5-6,11,13,16,21H,3-4,7-10,12H2,1-2H3;1H. The molecule has 3 rings (SSSR count). The normalized spacial score (nSPS) is 19.1. The molecule has 1 aromatic rings. The fraction of sp³-hybridized carbons (Fsp3) is 0.611. The second kappa shape index (κ2) is 8.74. The molecule has 1 amide bonds. The minimum absolute atomic E-state index is 0. The molecule has 1 saturated carbocycles. The van der Waals surface area contributed by atoms with E-state index in [1.54, 1.807) is 32.4 Å². The van der Waals surface area contributed by atoms with Gasteiger partial charge in [-0.05, 0) is 30.9 Å². The molecule has 0 aromatic heterocycles. The lowest BCUT2D eigenvalue weighted by Crippen LogP contribution is -2.50. The summed E-state index contributed by atoms with van der Waals surface area (Å²) in [5.41, 5.74) is 0.560. The van der Waals surface area contributed by atoms with Gasteiger partial charge < -0.3 is 19.5 Å². The van der Waals surface area contributed by atoms with E-state index in [2.05, 4.69) is 4.90 Å². The highest BCUT2D eigenvalue weighted by Gasteiger charge is 2.32. The Labute approximate surface area is 155 Å². The average molecular weight is 371 g/mol. The summed E-state index contributed by atoms with van der Waals surface area (Å²) in [5.74, 6) is 1.68. The summed E-state index contributed by atoms with van der Waals surface area (Å²) >= 11 is 0. The van der Waals surface area contributed by atoms with Crippen LogP contribution in [0.5, 0.6) is 11.5 Å². The van der Waals surface area contributed by atoms with Crippen LogP contribution >= 0.6 is 12.4 Å². The minimum atomic E-state index is -0.214. The molecule has 1 aliphatic heterocycles. The second-order valence-electron chi connectivity index (χ2n) is 6.56. The number of rotatable bonds is 6. The Kier molecular flexibility index (Phi) is 6.93. The van der Waals surface area contributed by atoms with Crippen LogP contribution in [0.4, 0.5) is 0 Å². The molecular weight excluding hydrogens is 344 g/mol. The smallest absolute Gasteiger partial charge is 0.257 e. The molecule has 1 heterocycles. The van der Waals surface area contributed by atoms with E-state index in [1.165, 1.54) is 0 Å². The van der Waals surface area contributed by atoms with Crippen LogP contribution in [0.25, 0.3) is 0 Å². The van der Waals surface area contributed by atoms with Gasteiger partial charge in [0.25, 0.3) is 5.91 Å². The minimum Gasteiger partial charge on any atom is -0.497 e. The quantitative estimate of drug-likeness (QED) is 0.825. The van der Waals surface area contributed by atoms with Crippen molar-refractivity contribution in [1.29, 1.82) is 0 Å². The number of aliphatic hydroxyl groups is 1. The van der Waals surface area contributed by atoms with Crippen LogP contribution in [0.2, 0.25) is 0 Å². The summed E-state index contributed by atoms with van der Waals surface area (Å²) in [5, 5.41) is 10.1. The predicted octanol–water partition coefficient (Wildman–Crippen LogP) is 1.65. The number of halogens is 1. The molecule has 7 heteroatoms. The van der Waals surface area contributed by atoms with E-state index in [-0.39, 0.29) is 24.4 Å². The van der Waals surface area contributed by atoms with Crippen LogP contribution in [0.3, 0.4) is 0 Å². The topological polar surface area (TPSA) is 62.2 Å². The SMILES string of the molecule is COc1ccc(C(=O)N2CCN(CC(O)C3CC3)CC2)c(OC)c1.Cl. The first-order valence-electron chi connectivity index (χ1n) is 8.54.